The maximum Gasteiger partial charge on any atom is 0.192 e. The van der Waals surface area contributed by atoms with Gasteiger partial charge in [-0.15, -0.1) is 0 Å². The first-order chi connectivity index (χ1) is 8.16. The van der Waals surface area contributed by atoms with Crippen molar-refractivity contribution in [3.63, 3.8) is 0 Å². The molecule has 2 aromatic rings. The lowest BCUT2D eigenvalue weighted by atomic mass is 10.1. The SMILES string of the molecule is Cc1cnc(Sc2ccccc2[C@@H](C)O)nc1. The van der Waals surface area contributed by atoms with E-state index in [0.29, 0.717) is 5.16 Å². The van der Waals surface area contributed by atoms with Crippen LogP contribution in [0.3, 0.4) is 0 Å². The Kier molecular flexibility index (Phi) is 3.76. The van der Waals surface area contributed by atoms with Crippen LogP contribution in [0.4, 0.5) is 0 Å². The third-order valence-electron chi connectivity index (χ3n) is 2.33. The molecule has 4 heteroatoms. The maximum atomic E-state index is 9.67. The van der Waals surface area contributed by atoms with Gasteiger partial charge in [0.05, 0.1) is 6.10 Å². The summed E-state index contributed by atoms with van der Waals surface area (Å²) in [6.45, 7) is 3.72. The molecule has 0 aliphatic rings. The number of rotatable bonds is 3. The second kappa shape index (κ2) is 5.29. The van der Waals surface area contributed by atoms with Gasteiger partial charge in [0.1, 0.15) is 0 Å². The fourth-order valence-corrected chi connectivity index (χ4v) is 2.36. The molecule has 1 aromatic carbocycles. The van der Waals surface area contributed by atoms with Crippen molar-refractivity contribution in [1.82, 2.24) is 9.97 Å². The highest BCUT2D eigenvalue weighted by Gasteiger charge is 2.09. The fourth-order valence-electron chi connectivity index (χ4n) is 1.45. The molecular weight excluding hydrogens is 232 g/mol. The first-order valence-corrected chi connectivity index (χ1v) is 6.22. The van der Waals surface area contributed by atoms with E-state index in [4.69, 9.17) is 0 Å². The standard InChI is InChI=1S/C13H14N2OS/c1-9-7-14-13(15-8-9)17-12-6-4-3-5-11(12)10(2)16/h3-8,10,16H,1-2H3/t10-/m1/s1. The lowest BCUT2D eigenvalue weighted by molar-refractivity contribution is 0.196. The summed E-state index contributed by atoms with van der Waals surface area (Å²) < 4.78 is 0. The molecule has 0 radical (unpaired) electrons. The minimum Gasteiger partial charge on any atom is -0.389 e. The van der Waals surface area contributed by atoms with Crippen molar-refractivity contribution in [2.24, 2.45) is 0 Å². The number of aliphatic hydroxyl groups is 1. The van der Waals surface area contributed by atoms with Crippen LogP contribution in [0.1, 0.15) is 24.2 Å². The third kappa shape index (κ3) is 3.05. The number of aryl methyl sites for hydroxylation is 1. The third-order valence-corrected chi connectivity index (χ3v) is 3.31. The molecule has 1 atom stereocenters. The van der Waals surface area contributed by atoms with Crippen molar-refractivity contribution in [1.29, 1.82) is 0 Å². The molecular formula is C13H14N2OS. The fraction of sp³-hybridized carbons (Fsp3) is 0.231. The van der Waals surface area contributed by atoms with Crippen molar-refractivity contribution in [3.05, 3.63) is 47.8 Å². The Hall–Kier alpha value is -1.39. The Morgan fingerprint density at radius 2 is 1.82 bits per heavy atom. The van der Waals surface area contributed by atoms with Gasteiger partial charge in [0.15, 0.2) is 5.16 Å². The average molecular weight is 246 g/mol. The summed E-state index contributed by atoms with van der Waals surface area (Å²) >= 11 is 1.47. The van der Waals surface area contributed by atoms with E-state index in [1.54, 1.807) is 19.3 Å². The zero-order chi connectivity index (χ0) is 12.3. The van der Waals surface area contributed by atoms with E-state index >= 15 is 0 Å². The monoisotopic (exact) mass is 246 g/mol. The van der Waals surface area contributed by atoms with Gasteiger partial charge in [-0.3, -0.25) is 0 Å². The van der Waals surface area contributed by atoms with E-state index in [1.165, 1.54) is 11.8 Å². The highest BCUT2D eigenvalue weighted by atomic mass is 32.2. The van der Waals surface area contributed by atoms with E-state index in [0.717, 1.165) is 16.0 Å². The van der Waals surface area contributed by atoms with Crippen molar-refractivity contribution in [2.45, 2.75) is 30.0 Å². The predicted octanol–water partition coefficient (Wildman–Crippen LogP) is 2.99. The van der Waals surface area contributed by atoms with Crippen molar-refractivity contribution >= 4 is 11.8 Å². The van der Waals surface area contributed by atoms with Crippen LogP contribution in [0.15, 0.2) is 46.7 Å². The van der Waals surface area contributed by atoms with Crippen molar-refractivity contribution in [2.75, 3.05) is 0 Å². The first kappa shape index (κ1) is 12.1. The Bertz CT molecular complexity index is 497. The normalized spacial score (nSPS) is 12.4. The molecule has 0 bridgehead atoms. The van der Waals surface area contributed by atoms with Gasteiger partial charge in [-0.05, 0) is 42.8 Å². The molecule has 0 spiro atoms. The van der Waals surface area contributed by atoms with Crippen LogP contribution in [-0.4, -0.2) is 15.1 Å². The average Bonchev–Trinajstić information content (AvgIpc) is 2.32. The molecule has 0 saturated carbocycles. The number of benzene rings is 1. The number of hydrogen-bond donors (Lipinski definition) is 1. The van der Waals surface area contributed by atoms with Crippen LogP contribution < -0.4 is 0 Å². The molecule has 88 valence electrons. The molecule has 0 unspecified atom stereocenters. The van der Waals surface area contributed by atoms with E-state index < -0.39 is 6.10 Å². The number of aliphatic hydroxyl groups excluding tert-OH is 1. The molecule has 0 amide bonds. The molecule has 1 aromatic heterocycles. The second-order valence-electron chi connectivity index (χ2n) is 3.86. The first-order valence-electron chi connectivity index (χ1n) is 5.40. The minimum absolute atomic E-state index is 0.482. The van der Waals surface area contributed by atoms with E-state index in [2.05, 4.69) is 9.97 Å². The van der Waals surface area contributed by atoms with Crippen LogP contribution >= 0.6 is 11.8 Å². The maximum absolute atomic E-state index is 9.67. The predicted molar refractivity (Wildman–Crippen MR) is 68.0 cm³/mol. The molecule has 3 nitrogen and oxygen atoms in total. The van der Waals surface area contributed by atoms with E-state index in [1.807, 2.05) is 31.2 Å². The van der Waals surface area contributed by atoms with Gasteiger partial charge >= 0.3 is 0 Å². The Morgan fingerprint density at radius 3 is 2.47 bits per heavy atom. The molecule has 0 aliphatic carbocycles. The van der Waals surface area contributed by atoms with Gasteiger partial charge in [0.25, 0.3) is 0 Å². The smallest absolute Gasteiger partial charge is 0.192 e. The van der Waals surface area contributed by atoms with Crippen LogP contribution in [0, 0.1) is 6.92 Å². The summed E-state index contributed by atoms with van der Waals surface area (Å²) in [6, 6.07) is 7.75. The summed E-state index contributed by atoms with van der Waals surface area (Å²) in [6.07, 6.45) is 3.10. The van der Waals surface area contributed by atoms with Gasteiger partial charge in [0, 0.05) is 17.3 Å². The number of aromatic nitrogens is 2. The molecule has 0 fully saturated rings. The Balaban J connectivity index is 2.26. The quantitative estimate of drug-likeness (QED) is 0.846. The summed E-state index contributed by atoms with van der Waals surface area (Å²) in [5.41, 5.74) is 1.94. The van der Waals surface area contributed by atoms with Crippen LogP contribution in [0.5, 0.6) is 0 Å². The lowest BCUT2D eigenvalue weighted by Crippen LogP contribution is -1.94. The molecule has 17 heavy (non-hydrogen) atoms. The second-order valence-corrected chi connectivity index (χ2v) is 4.87. The van der Waals surface area contributed by atoms with Crippen LogP contribution in [0.25, 0.3) is 0 Å². The molecule has 0 saturated heterocycles. The Labute approximate surface area is 105 Å². The molecule has 2 rings (SSSR count). The molecule has 0 aliphatic heterocycles. The summed E-state index contributed by atoms with van der Waals surface area (Å²) in [4.78, 5) is 9.48. The Morgan fingerprint density at radius 1 is 1.18 bits per heavy atom. The minimum atomic E-state index is -0.482. The van der Waals surface area contributed by atoms with Gasteiger partial charge in [0.2, 0.25) is 0 Å². The van der Waals surface area contributed by atoms with Gasteiger partial charge in [-0.25, -0.2) is 9.97 Å². The lowest BCUT2D eigenvalue weighted by Gasteiger charge is -2.10. The topological polar surface area (TPSA) is 46.0 Å². The molecule has 1 heterocycles. The number of nitrogens with zero attached hydrogens (tertiary/aromatic N) is 2. The van der Waals surface area contributed by atoms with Crippen LogP contribution in [0.2, 0.25) is 0 Å². The molecule has 1 N–H and O–H groups in total. The summed E-state index contributed by atoms with van der Waals surface area (Å²) in [5, 5.41) is 10.4. The summed E-state index contributed by atoms with van der Waals surface area (Å²) in [7, 11) is 0. The van der Waals surface area contributed by atoms with E-state index in [9.17, 15) is 5.11 Å². The van der Waals surface area contributed by atoms with Crippen molar-refractivity contribution < 1.29 is 5.11 Å². The van der Waals surface area contributed by atoms with E-state index in [-0.39, 0.29) is 0 Å². The zero-order valence-electron chi connectivity index (χ0n) is 9.79. The largest absolute Gasteiger partial charge is 0.389 e. The van der Waals surface area contributed by atoms with Gasteiger partial charge in [-0.1, -0.05) is 18.2 Å². The van der Waals surface area contributed by atoms with Gasteiger partial charge in [-0.2, -0.15) is 0 Å². The van der Waals surface area contributed by atoms with Crippen LogP contribution in [-0.2, 0) is 0 Å². The number of hydrogen-bond acceptors (Lipinski definition) is 4. The summed E-state index contributed by atoms with van der Waals surface area (Å²) in [5.74, 6) is 0. The zero-order valence-corrected chi connectivity index (χ0v) is 10.6. The highest BCUT2D eigenvalue weighted by molar-refractivity contribution is 7.99. The highest BCUT2D eigenvalue weighted by Crippen LogP contribution is 2.30. The van der Waals surface area contributed by atoms with Crippen molar-refractivity contribution in [3.8, 4) is 0 Å². The van der Waals surface area contributed by atoms with Gasteiger partial charge < -0.3 is 5.11 Å².